The standard InChI is InChI=1S/C7H3F5.2C2H6/c1-2-3(8)5(10)7(12)6(11)4(2)9;2*1-2/h1H3;2*1-2H3. The van der Waals surface area contributed by atoms with Crippen LogP contribution in [0.4, 0.5) is 22.0 Å². The Morgan fingerprint density at radius 2 is 0.688 bits per heavy atom. The first-order valence-electron chi connectivity index (χ1n) is 4.94. The Hall–Kier alpha value is -1.13. The summed E-state index contributed by atoms with van der Waals surface area (Å²) in [4.78, 5) is 0. The van der Waals surface area contributed by atoms with E-state index in [-0.39, 0.29) is 0 Å². The summed E-state index contributed by atoms with van der Waals surface area (Å²) < 4.78 is 61.6. The zero-order valence-electron chi connectivity index (χ0n) is 9.89. The second-order valence-corrected chi connectivity index (χ2v) is 2.19. The quantitative estimate of drug-likeness (QED) is 0.350. The molecule has 0 saturated heterocycles. The number of benzene rings is 1. The van der Waals surface area contributed by atoms with Crippen molar-refractivity contribution in [1.82, 2.24) is 0 Å². The zero-order valence-corrected chi connectivity index (χ0v) is 9.89. The molecule has 0 aliphatic carbocycles. The lowest BCUT2D eigenvalue weighted by Crippen LogP contribution is -2.03. The molecule has 0 amide bonds. The van der Waals surface area contributed by atoms with Gasteiger partial charge in [-0.3, -0.25) is 0 Å². The Morgan fingerprint density at radius 3 is 0.938 bits per heavy atom. The molecule has 16 heavy (non-hydrogen) atoms. The third-order valence-electron chi connectivity index (χ3n) is 1.43. The third kappa shape index (κ3) is 3.47. The highest BCUT2D eigenvalue weighted by molar-refractivity contribution is 5.22. The summed E-state index contributed by atoms with van der Waals surface area (Å²) >= 11 is 0. The van der Waals surface area contributed by atoms with E-state index in [1.807, 2.05) is 27.7 Å². The maximum atomic E-state index is 12.4. The van der Waals surface area contributed by atoms with Crippen LogP contribution in [0.15, 0.2) is 0 Å². The van der Waals surface area contributed by atoms with Gasteiger partial charge in [0.15, 0.2) is 23.3 Å². The molecule has 5 heteroatoms. The van der Waals surface area contributed by atoms with E-state index in [1.165, 1.54) is 0 Å². The first-order valence-corrected chi connectivity index (χ1v) is 4.94. The van der Waals surface area contributed by atoms with Crippen molar-refractivity contribution < 1.29 is 22.0 Å². The summed E-state index contributed by atoms with van der Waals surface area (Å²) in [5, 5.41) is 0. The minimum absolute atomic E-state index is 0.816. The lowest BCUT2D eigenvalue weighted by atomic mass is 10.2. The van der Waals surface area contributed by atoms with Gasteiger partial charge < -0.3 is 0 Å². The molecule has 0 aliphatic heterocycles. The molecule has 0 bridgehead atoms. The zero-order chi connectivity index (χ0) is 13.5. The minimum Gasteiger partial charge on any atom is -0.203 e. The van der Waals surface area contributed by atoms with Crippen LogP contribution in [0, 0.1) is 36.0 Å². The second kappa shape index (κ2) is 8.07. The monoisotopic (exact) mass is 242 g/mol. The molecular weight excluding hydrogens is 227 g/mol. The number of hydrogen-bond acceptors (Lipinski definition) is 0. The van der Waals surface area contributed by atoms with Crippen LogP contribution < -0.4 is 0 Å². The molecular formula is C11H15F5. The predicted octanol–water partition coefficient (Wildman–Crippen LogP) is 4.74. The normalized spacial score (nSPS) is 8.62. The van der Waals surface area contributed by atoms with E-state index in [0.717, 1.165) is 6.92 Å². The molecule has 0 heterocycles. The summed E-state index contributed by atoms with van der Waals surface area (Å²) in [5.41, 5.74) is -0.869. The lowest BCUT2D eigenvalue weighted by Gasteiger charge is -2.02. The number of rotatable bonds is 0. The van der Waals surface area contributed by atoms with E-state index in [4.69, 9.17) is 0 Å². The average Bonchev–Trinajstić information content (AvgIpc) is 2.36. The molecule has 0 aromatic heterocycles. The highest BCUT2D eigenvalue weighted by atomic mass is 19.2. The SMILES string of the molecule is CC.CC.Cc1c(F)c(F)c(F)c(F)c1F. The van der Waals surface area contributed by atoms with E-state index >= 15 is 0 Å². The molecule has 0 N–H and O–H groups in total. The van der Waals surface area contributed by atoms with Gasteiger partial charge in [0.05, 0.1) is 0 Å². The van der Waals surface area contributed by atoms with E-state index in [1.54, 1.807) is 0 Å². The van der Waals surface area contributed by atoms with E-state index in [2.05, 4.69) is 0 Å². The Morgan fingerprint density at radius 1 is 0.500 bits per heavy atom. The van der Waals surface area contributed by atoms with E-state index in [0.29, 0.717) is 0 Å². The Balaban J connectivity index is 0. The van der Waals surface area contributed by atoms with Crippen LogP contribution in [0.5, 0.6) is 0 Å². The van der Waals surface area contributed by atoms with Gasteiger partial charge in [0, 0.05) is 5.56 Å². The topological polar surface area (TPSA) is 0 Å². The van der Waals surface area contributed by atoms with Crippen LogP contribution in [-0.2, 0) is 0 Å². The van der Waals surface area contributed by atoms with E-state index < -0.39 is 34.6 Å². The minimum atomic E-state index is -2.13. The fourth-order valence-electron chi connectivity index (χ4n) is 0.715. The molecule has 1 rings (SSSR count). The lowest BCUT2D eigenvalue weighted by molar-refractivity contribution is 0.373. The Bertz CT molecular complexity index is 229. The van der Waals surface area contributed by atoms with Crippen LogP contribution in [0.2, 0.25) is 0 Å². The largest absolute Gasteiger partial charge is 0.203 e. The van der Waals surface area contributed by atoms with Crippen molar-refractivity contribution in [2.75, 3.05) is 0 Å². The molecule has 0 aliphatic rings. The highest BCUT2D eigenvalue weighted by Crippen LogP contribution is 2.21. The molecule has 0 atom stereocenters. The Kier molecular flexibility index (Phi) is 8.71. The molecule has 1 aromatic rings. The van der Waals surface area contributed by atoms with Crippen molar-refractivity contribution in [1.29, 1.82) is 0 Å². The van der Waals surface area contributed by atoms with Gasteiger partial charge in [0.2, 0.25) is 5.82 Å². The molecule has 0 nitrogen and oxygen atoms in total. The van der Waals surface area contributed by atoms with Gasteiger partial charge in [-0.25, -0.2) is 22.0 Å². The van der Waals surface area contributed by atoms with Crippen molar-refractivity contribution in [3.63, 3.8) is 0 Å². The van der Waals surface area contributed by atoms with Gasteiger partial charge in [-0.15, -0.1) is 0 Å². The van der Waals surface area contributed by atoms with Crippen molar-refractivity contribution in [3.05, 3.63) is 34.6 Å². The van der Waals surface area contributed by atoms with Crippen molar-refractivity contribution in [2.24, 2.45) is 0 Å². The van der Waals surface area contributed by atoms with Gasteiger partial charge in [-0.1, -0.05) is 27.7 Å². The summed E-state index contributed by atoms with van der Waals surface area (Å²) in [6.07, 6.45) is 0. The van der Waals surface area contributed by atoms with E-state index in [9.17, 15) is 22.0 Å². The smallest absolute Gasteiger partial charge is 0.200 e. The maximum absolute atomic E-state index is 12.4. The molecule has 0 unspecified atom stereocenters. The fraction of sp³-hybridized carbons (Fsp3) is 0.455. The first kappa shape index (κ1) is 17.3. The van der Waals surface area contributed by atoms with Crippen molar-refractivity contribution in [3.8, 4) is 0 Å². The van der Waals surface area contributed by atoms with Crippen LogP contribution in [0.25, 0.3) is 0 Å². The summed E-state index contributed by atoms with van der Waals surface area (Å²) in [7, 11) is 0. The van der Waals surface area contributed by atoms with Crippen LogP contribution in [0.3, 0.4) is 0 Å². The van der Waals surface area contributed by atoms with Crippen LogP contribution >= 0.6 is 0 Å². The van der Waals surface area contributed by atoms with Crippen LogP contribution in [-0.4, -0.2) is 0 Å². The number of halogens is 5. The molecule has 1 aromatic carbocycles. The third-order valence-corrected chi connectivity index (χ3v) is 1.43. The first-order chi connectivity index (χ1) is 7.46. The highest BCUT2D eigenvalue weighted by Gasteiger charge is 2.22. The second-order valence-electron chi connectivity index (χ2n) is 2.19. The summed E-state index contributed by atoms with van der Waals surface area (Å²) in [6.45, 7) is 8.82. The van der Waals surface area contributed by atoms with Gasteiger partial charge >= 0.3 is 0 Å². The fourth-order valence-corrected chi connectivity index (χ4v) is 0.715. The van der Waals surface area contributed by atoms with Gasteiger partial charge in [0.25, 0.3) is 0 Å². The van der Waals surface area contributed by atoms with Gasteiger partial charge in [-0.05, 0) is 6.92 Å². The maximum Gasteiger partial charge on any atom is 0.200 e. The van der Waals surface area contributed by atoms with Gasteiger partial charge in [-0.2, -0.15) is 0 Å². The number of hydrogen-bond donors (Lipinski definition) is 0. The van der Waals surface area contributed by atoms with Crippen molar-refractivity contribution in [2.45, 2.75) is 34.6 Å². The average molecular weight is 242 g/mol. The molecule has 94 valence electrons. The molecule has 0 spiro atoms. The Labute approximate surface area is 92.1 Å². The molecule has 0 radical (unpaired) electrons. The predicted molar refractivity (Wildman–Crippen MR) is 53.7 cm³/mol. The van der Waals surface area contributed by atoms with Crippen molar-refractivity contribution >= 4 is 0 Å². The molecule has 0 saturated carbocycles. The van der Waals surface area contributed by atoms with Gasteiger partial charge in [0.1, 0.15) is 0 Å². The molecule has 0 fully saturated rings. The summed E-state index contributed by atoms with van der Waals surface area (Å²) in [5.74, 6) is -9.52. The van der Waals surface area contributed by atoms with Crippen LogP contribution in [0.1, 0.15) is 33.3 Å². The summed E-state index contributed by atoms with van der Waals surface area (Å²) in [6, 6.07) is 0.